The fourth-order valence-electron chi connectivity index (χ4n) is 1.27. The molecule has 0 amide bonds. The fourth-order valence-corrected chi connectivity index (χ4v) is 1.27. The molecule has 13 heavy (non-hydrogen) atoms. The largest absolute Gasteiger partial charge is 0.359 e. The summed E-state index contributed by atoms with van der Waals surface area (Å²) >= 11 is 0. The van der Waals surface area contributed by atoms with Gasteiger partial charge in [0.2, 0.25) is 0 Å². The summed E-state index contributed by atoms with van der Waals surface area (Å²) in [4.78, 5) is 0. The molecule has 5 nitrogen and oxygen atoms in total. The van der Waals surface area contributed by atoms with Crippen molar-refractivity contribution in [1.29, 1.82) is 0 Å². The van der Waals surface area contributed by atoms with Crippen molar-refractivity contribution in [3.05, 3.63) is 0 Å². The lowest BCUT2D eigenvalue weighted by molar-refractivity contribution is -0.139. The second-order valence-corrected chi connectivity index (χ2v) is 2.88. The van der Waals surface area contributed by atoms with E-state index in [0.29, 0.717) is 13.6 Å². The standard InChI is InChI=1S/C8H17NO4/c1-10-5-12-7-3-9-4-8(7)13-6-11-2/h7-9H,3-6H2,1-2H3. The van der Waals surface area contributed by atoms with Gasteiger partial charge in [0.25, 0.3) is 0 Å². The van der Waals surface area contributed by atoms with Crippen LogP contribution in [0.2, 0.25) is 0 Å². The summed E-state index contributed by atoms with van der Waals surface area (Å²) in [6.07, 6.45) is 0.130. The van der Waals surface area contributed by atoms with Crippen molar-refractivity contribution < 1.29 is 18.9 Å². The summed E-state index contributed by atoms with van der Waals surface area (Å²) < 4.78 is 20.4. The molecule has 0 radical (unpaired) electrons. The molecule has 1 rings (SSSR count). The third-order valence-electron chi connectivity index (χ3n) is 1.91. The van der Waals surface area contributed by atoms with Crippen molar-refractivity contribution in [2.75, 3.05) is 40.9 Å². The highest BCUT2D eigenvalue weighted by molar-refractivity contribution is 4.82. The molecule has 1 N–H and O–H groups in total. The van der Waals surface area contributed by atoms with Crippen LogP contribution < -0.4 is 5.32 Å². The van der Waals surface area contributed by atoms with Gasteiger partial charge in [-0.1, -0.05) is 0 Å². The molecule has 0 aromatic rings. The maximum absolute atomic E-state index is 5.40. The minimum absolute atomic E-state index is 0.0649. The van der Waals surface area contributed by atoms with Crippen molar-refractivity contribution in [1.82, 2.24) is 5.32 Å². The Bertz CT molecular complexity index is 119. The van der Waals surface area contributed by atoms with Gasteiger partial charge in [-0.25, -0.2) is 0 Å². The van der Waals surface area contributed by atoms with E-state index in [4.69, 9.17) is 18.9 Å². The average molecular weight is 191 g/mol. The Hall–Kier alpha value is -0.200. The lowest BCUT2D eigenvalue weighted by Gasteiger charge is -2.18. The molecule has 0 aliphatic carbocycles. The molecule has 78 valence electrons. The second kappa shape index (κ2) is 6.28. The van der Waals surface area contributed by atoms with Crippen LogP contribution in [0.15, 0.2) is 0 Å². The van der Waals surface area contributed by atoms with Gasteiger partial charge in [-0.2, -0.15) is 0 Å². The van der Waals surface area contributed by atoms with Gasteiger partial charge in [0.15, 0.2) is 0 Å². The van der Waals surface area contributed by atoms with E-state index >= 15 is 0 Å². The summed E-state index contributed by atoms with van der Waals surface area (Å²) in [5.41, 5.74) is 0. The van der Waals surface area contributed by atoms with E-state index in [1.54, 1.807) is 14.2 Å². The molecule has 5 heteroatoms. The average Bonchev–Trinajstić information content (AvgIpc) is 2.59. The van der Waals surface area contributed by atoms with E-state index < -0.39 is 0 Å². The normalized spacial score (nSPS) is 28.2. The van der Waals surface area contributed by atoms with Crippen LogP contribution in [0.4, 0.5) is 0 Å². The van der Waals surface area contributed by atoms with Crippen LogP contribution in [0.1, 0.15) is 0 Å². The predicted octanol–water partition coefficient (Wildman–Crippen LogP) is -0.432. The first-order valence-electron chi connectivity index (χ1n) is 4.30. The van der Waals surface area contributed by atoms with E-state index in [2.05, 4.69) is 5.32 Å². The first-order valence-corrected chi connectivity index (χ1v) is 4.30. The molecular weight excluding hydrogens is 174 g/mol. The van der Waals surface area contributed by atoms with E-state index in [1.165, 1.54) is 0 Å². The van der Waals surface area contributed by atoms with Crippen LogP contribution in [0.25, 0.3) is 0 Å². The van der Waals surface area contributed by atoms with E-state index in [0.717, 1.165) is 13.1 Å². The van der Waals surface area contributed by atoms with E-state index in [1.807, 2.05) is 0 Å². The summed E-state index contributed by atoms with van der Waals surface area (Å²) in [5.74, 6) is 0. The molecule has 2 unspecified atom stereocenters. The number of methoxy groups -OCH3 is 2. The summed E-state index contributed by atoms with van der Waals surface area (Å²) in [7, 11) is 3.21. The van der Waals surface area contributed by atoms with Crippen LogP contribution in [-0.4, -0.2) is 53.1 Å². The zero-order valence-corrected chi connectivity index (χ0v) is 8.12. The van der Waals surface area contributed by atoms with Gasteiger partial charge in [-0.05, 0) is 0 Å². The minimum Gasteiger partial charge on any atom is -0.359 e. The Morgan fingerprint density at radius 2 is 1.46 bits per heavy atom. The van der Waals surface area contributed by atoms with E-state index in [9.17, 15) is 0 Å². The first kappa shape index (κ1) is 10.9. The molecule has 1 saturated heterocycles. The second-order valence-electron chi connectivity index (χ2n) is 2.88. The third-order valence-corrected chi connectivity index (χ3v) is 1.91. The number of rotatable bonds is 6. The van der Waals surface area contributed by atoms with Crippen LogP contribution in [0, 0.1) is 0 Å². The SMILES string of the molecule is COCOC1CNCC1OCOC. The zero-order valence-electron chi connectivity index (χ0n) is 8.12. The molecular formula is C8H17NO4. The maximum Gasteiger partial charge on any atom is 0.146 e. The molecule has 0 aromatic heterocycles. The monoisotopic (exact) mass is 191 g/mol. The van der Waals surface area contributed by atoms with Gasteiger partial charge < -0.3 is 24.3 Å². The van der Waals surface area contributed by atoms with Gasteiger partial charge >= 0.3 is 0 Å². The first-order chi connectivity index (χ1) is 6.38. The molecule has 0 bridgehead atoms. The van der Waals surface area contributed by atoms with Gasteiger partial charge in [-0.3, -0.25) is 0 Å². The van der Waals surface area contributed by atoms with Crippen LogP contribution in [-0.2, 0) is 18.9 Å². The third kappa shape index (κ3) is 3.58. The Kier molecular flexibility index (Phi) is 5.26. The van der Waals surface area contributed by atoms with Gasteiger partial charge in [0.1, 0.15) is 25.8 Å². The van der Waals surface area contributed by atoms with Crippen LogP contribution in [0.5, 0.6) is 0 Å². The van der Waals surface area contributed by atoms with Crippen LogP contribution in [0.3, 0.4) is 0 Å². The number of nitrogens with one attached hydrogen (secondary N) is 1. The number of hydrogen-bond acceptors (Lipinski definition) is 5. The van der Waals surface area contributed by atoms with Crippen molar-refractivity contribution in [3.8, 4) is 0 Å². The maximum atomic E-state index is 5.40. The number of ether oxygens (including phenoxy) is 4. The molecule has 1 aliphatic heterocycles. The van der Waals surface area contributed by atoms with Crippen molar-refractivity contribution in [2.24, 2.45) is 0 Å². The lowest BCUT2D eigenvalue weighted by Crippen LogP contribution is -2.31. The quantitative estimate of drug-likeness (QED) is 0.577. The highest BCUT2D eigenvalue weighted by atomic mass is 16.7. The Morgan fingerprint density at radius 3 is 1.85 bits per heavy atom. The van der Waals surface area contributed by atoms with Crippen molar-refractivity contribution in [2.45, 2.75) is 12.2 Å². The van der Waals surface area contributed by atoms with Gasteiger partial charge in [0, 0.05) is 27.3 Å². The minimum atomic E-state index is 0.0649. The zero-order chi connectivity index (χ0) is 9.52. The van der Waals surface area contributed by atoms with Crippen molar-refractivity contribution >= 4 is 0 Å². The lowest BCUT2D eigenvalue weighted by atomic mass is 10.2. The summed E-state index contributed by atoms with van der Waals surface area (Å²) in [5, 5.41) is 3.18. The van der Waals surface area contributed by atoms with Gasteiger partial charge in [0.05, 0.1) is 0 Å². The van der Waals surface area contributed by atoms with Crippen molar-refractivity contribution in [3.63, 3.8) is 0 Å². The molecule has 0 aromatic carbocycles. The molecule has 1 aliphatic rings. The topological polar surface area (TPSA) is 49.0 Å². The smallest absolute Gasteiger partial charge is 0.146 e. The highest BCUT2D eigenvalue weighted by Crippen LogP contribution is 2.08. The highest BCUT2D eigenvalue weighted by Gasteiger charge is 2.28. The van der Waals surface area contributed by atoms with Gasteiger partial charge in [-0.15, -0.1) is 0 Å². The van der Waals surface area contributed by atoms with Crippen LogP contribution >= 0.6 is 0 Å². The fraction of sp³-hybridized carbons (Fsp3) is 1.00. The summed E-state index contributed by atoms with van der Waals surface area (Å²) in [6.45, 7) is 2.22. The molecule has 2 atom stereocenters. The Labute approximate surface area is 78.3 Å². The van der Waals surface area contributed by atoms with E-state index in [-0.39, 0.29) is 12.2 Å². The molecule has 0 spiro atoms. The molecule has 1 heterocycles. The molecule has 1 fully saturated rings. The Morgan fingerprint density at radius 1 is 1.00 bits per heavy atom. The molecule has 0 saturated carbocycles. The summed E-state index contributed by atoms with van der Waals surface area (Å²) in [6, 6.07) is 0. The number of hydrogen-bond donors (Lipinski definition) is 1. The predicted molar refractivity (Wildman–Crippen MR) is 46.4 cm³/mol. The Balaban J connectivity index is 2.18.